The summed E-state index contributed by atoms with van der Waals surface area (Å²) in [6.07, 6.45) is 5.60. The van der Waals surface area contributed by atoms with Crippen LogP contribution < -0.4 is 0 Å². The minimum Gasteiger partial charge on any atom is -0.481 e. The van der Waals surface area contributed by atoms with Crippen LogP contribution in [0.1, 0.15) is 39.5 Å². The van der Waals surface area contributed by atoms with Crippen molar-refractivity contribution in [3.05, 3.63) is 12.7 Å². The van der Waals surface area contributed by atoms with Crippen molar-refractivity contribution in [1.82, 2.24) is 0 Å². The van der Waals surface area contributed by atoms with Crippen LogP contribution in [0.5, 0.6) is 0 Å². The second kappa shape index (κ2) is 4.96. The minimum absolute atomic E-state index is 0.568. The number of allylic oxidation sites excluding steroid dienone is 1. The average molecular weight is 170 g/mol. The van der Waals surface area contributed by atoms with Gasteiger partial charge in [-0.05, 0) is 33.1 Å². The zero-order valence-electron chi connectivity index (χ0n) is 7.97. The third kappa shape index (κ3) is 4.16. The van der Waals surface area contributed by atoms with Gasteiger partial charge in [0.25, 0.3) is 0 Å². The molecule has 0 bridgehead atoms. The van der Waals surface area contributed by atoms with Gasteiger partial charge in [-0.3, -0.25) is 4.79 Å². The van der Waals surface area contributed by atoms with Crippen LogP contribution in [0.15, 0.2) is 12.7 Å². The van der Waals surface area contributed by atoms with Crippen LogP contribution in [0.4, 0.5) is 0 Å². The topological polar surface area (TPSA) is 37.3 Å². The molecule has 0 aliphatic carbocycles. The maximum Gasteiger partial charge on any atom is 0.309 e. The quantitative estimate of drug-likeness (QED) is 0.491. The number of hydrogen-bond acceptors (Lipinski definition) is 1. The fourth-order valence-electron chi connectivity index (χ4n) is 0.963. The predicted octanol–water partition coefficient (Wildman–Crippen LogP) is 2.84. The van der Waals surface area contributed by atoms with Crippen LogP contribution in [-0.2, 0) is 4.79 Å². The Morgan fingerprint density at radius 1 is 1.50 bits per heavy atom. The van der Waals surface area contributed by atoms with Crippen molar-refractivity contribution in [2.45, 2.75) is 39.5 Å². The summed E-state index contributed by atoms with van der Waals surface area (Å²) in [4.78, 5) is 10.7. The summed E-state index contributed by atoms with van der Waals surface area (Å²) in [6.45, 7) is 7.15. The molecule has 0 aliphatic rings. The molecule has 0 aromatic heterocycles. The fourth-order valence-corrected chi connectivity index (χ4v) is 0.963. The lowest BCUT2D eigenvalue weighted by molar-refractivity contribution is -0.147. The van der Waals surface area contributed by atoms with Gasteiger partial charge in [-0.2, -0.15) is 0 Å². The predicted molar refractivity (Wildman–Crippen MR) is 50.1 cm³/mol. The van der Waals surface area contributed by atoms with Crippen molar-refractivity contribution in [2.24, 2.45) is 5.41 Å². The first-order chi connectivity index (χ1) is 5.50. The third-order valence-electron chi connectivity index (χ3n) is 2.04. The van der Waals surface area contributed by atoms with E-state index in [4.69, 9.17) is 5.11 Å². The summed E-state index contributed by atoms with van der Waals surface area (Å²) < 4.78 is 0. The summed E-state index contributed by atoms with van der Waals surface area (Å²) in [5, 5.41) is 8.78. The Hall–Kier alpha value is -0.790. The van der Waals surface area contributed by atoms with Gasteiger partial charge in [0, 0.05) is 0 Å². The Balaban J connectivity index is 3.61. The van der Waals surface area contributed by atoms with Gasteiger partial charge >= 0.3 is 5.97 Å². The van der Waals surface area contributed by atoms with Crippen LogP contribution in [0.3, 0.4) is 0 Å². The maximum atomic E-state index is 10.7. The summed E-state index contributed by atoms with van der Waals surface area (Å²) in [5.41, 5.74) is -0.568. The number of carbonyl (C=O) groups is 1. The molecule has 0 saturated heterocycles. The van der Waals surface area contributed by atoms with Crippen LogP contribution in [0.25, 0.3) is 0 Å². The molecule has 0 saturated carbocycles. The Bertz CT molecular complexity index is 159. The van der Waals surface area contributed by atoms with Crippen molar-refractivity contribution in [3.8, 4) is 0 Å². The number of unbranched alkanes of at least 4 members (excludes halogenated alkanes) is 2. The van der Waals surface area contributed by atoms with E-state index in [0.29, 0.717) is 0 Å². The Kier molecular flexibility index (Phi) is 4.64. The lowest BCUT2D eigenvalue weighted by Gasteiger charge is -2.18. The highest BCUT2D eigenvalue weighted by molar-refractivity contribution is 5.73. The summed E-state index contributed by atoms with van der Waals surface area (Å²) in [7, 11) is 0. The molecule has 0 rings (SSSR count). The monoisotopic (exact) mass is 170 g/mol. The SMILES string of the molecule is C=CCCCCC(C)(C)C(=O)O. The van der Waals surface area contributed by atoms with Crippen LogP contribution in [0, 0.1) is 5.41 Å². The molecule has 0 atom stereocenters. The average Bonchev–Trinajstić information content (AvgIpc) is 1.98. The highest BCUT2D eigenvalue weighted by Crippen LogP contribution is 2.23. The zero-order chi connectivity index (χ0) is 9.61. The van der Waals surface area contributed by atoms with Crippen molar-refractivity contribution >= 4 is 5.97 Å². The smallest absolute Gasteiger partial charge is 0.309 e. The molecule has 2 heteroatoms. The van der Waals surface area contributed by atoms with E-state index in [-0.39, 0.29) is 0 Å². The molecular weight excluding hydrogens is 152 g/mol. The highest BCUT2D eigenvalue weighted by Gasteiger charge is 2.25. The van der Waals surface area contributed by atoms with E-state index in [1.807, 2.05) is 6.08 Å². The van der Waals surface area contributed by atoms with E-state index in [2.05, 4.69) is 6.58 Å². The lowest BCUT2D eigenvalue weighted by atomic mass is 9.87. The van der Waals surface area contributed by atoms with Crippen LogP contribution in [0.2, 0.25) is 0 Å². The van der Waals surface area contributed by atoms with Gasteiger partial charge in [-0.15, -0.1) is 6.58 Å². The molecule has 0 aromatic carbocycles. The van der Waals surface area contributed by atoms with Gasteiger partial charge in [0.15, 0.2) is 0 Å². The van der Waals surface area contributed by atoms with Crippen LogP contribution in [-0.4, -0.2) is 11.1 Å². The van der Waals surface area contributed by atoms with Crippen molar-refractivity contribution in [1.29, 1.82) is 0 Å². The normalized spacial score (nSPS) is 11.2. The van der Waals surface area contributed by atoms with E-state index in [0.717, 1.165) is 25.7 Å². The Labute approximate surface area is 74.3 Å². The number of hydrogen-bond donors (Lipinski definition) is 1. The molecule has 1 N–H and O–H groups in total. The molecule has 0 aromatic rings. The largest absolute Gasteiger partial charge is 0.481 e. The number of carboxylic acid groups (broad SMARTS) is 1. The molecule has 12 heavy (non-hydrogen) atoms. The number of aliphatic carboxylic acids is 1. The molecule has 70 valence electrons. The number of rotatable bonds is 6. The van der Waals surface area contributed by atoms with Gasteiger partial charge in [0.2, 0.25) is 0 Å². The van der Waals surface area contributed by atoms with Gasteiger partial charge in [-0.1, -0.05) is 12.5 Å². The van der Waals surface area contributed by atoms with Gasteiger partial charge in [0.1, 0.15) is 0 Å². The molecule has 0 amide bonds. The van der Waals surface area contributed by atoms with Crippen molar-refractivity contribution in [3.63, 3.8) is 0 Å². The van der Waals surface area contributed by atoms with Gasteiger partial charge in [-0.25, -0.2) is 0 Å². The molecule has 0 radical (unpaired) electrons. The van der Waals surface area contributed by atoms with E-state index in [1.165, 1.54) is 0 Å². The second-order valence-corrected chi connectivity index (χ2v) is 3.72. The molecule has 0 unspecified atom stereocenters. The second-order valence-electron chi connectivity index (χ2n) is 3.72. The Morgan fingerprint density at radius 3 is 2.50 bits per heavy atom. The first-order valence-electron chi connectivity index (χ1n) is 4.35. The summed E-state index contributed by atoms with van der Waals surface area (Å²) >= 11 is 0. The first-order valence-corrected chi connectivity index (χ1v) is 4.35. The van der Waals surface area contributed by atoms with Crippen molar-refractivity contribution in [2.75, 3.05) is 0 Å². The fraction of sp³-hybridized carbons (Fsp3) is 0.700. The van der Waals surface area contributed by atoms with Crippen molar-refractivity contribution < 1.29 is 9.90 Å². The molecule has 0 spiro atoms. The van der Waals surface area contributed by atoms with Gasteiger partial charge < -0.3 is 5.11 Å². The van der Waals surface area contributed by atoms with E-state index < -0.39 is 11.4 Å². The Morgan fingerprint density at radius 2 is 2.08 bits per heavy atom. The molecule has 0 heterocycles. The lowest BCUT2D eigenvalue weighted by Crippen LogP contribution is -2.23. The van der Waals surface area contributed by atoms with E-state index >= 15 is 0 Å². The van der Waals surface area contributed by atoms with Gasteiger partial charge in [0.05, 0.1) is 5.41 Å². The summed E-state index contributed by atoms with van der Waals surface area (Å²) in [6, 6.07) is 0. The number of carboxylic acids is 1. The first kappa shape index (κ1) is 11.2. The van der Waals surface area contributed by atoms with Crippen LogP contribution >= 0.6 is 0 Å². The molecular formula is C10H18O2. The maximum absolute atomic E-state index is 10.7. The molecule has 0 fully saturated rings. The molecule has 2 nitrogen and oxygen atoms in total. The summed E-state index contributed by atoms with van der Waals surface area (Å²) in [5.74, 6) is -0.707. The zero-order valence-corrected chi connectivity index (χ0v) is 7.97. The standard InChI is InChI=1S/C10H18O2/c1-4-5-6-7-8-10(2,3)9(11)12/h4H,1,5-8H2,2-3H3,(H,11,12). The van der Waals surface area contributed by atoms with E-state index in [1.54, 1.807) is 13.8 Å². The highest BCUT2D eigenvalue weighted by atomic mass is 16.4. The minimum atomic E-state index is -0.707. The molecule has 0 aliphatic heterocycles. The third-order valence-corrected chi connectivity index (χ3v) is 2.04. The van der Waals surface area contributed by atoms with E-state index in [9.17, 15) is 4.79 Å².